The Bertz CT molecular complexity index is 673. The smallest absolute Gasteiger partial charge is 0.226 e. The molecule has 0 unspecified atom stereocenters. The normalized spacial score (nSPS) is 22.7. The van der Waals surface area contributed by atoms with Crippen LogP contribution in [0.4, 0.5) is 0 Å². The highest BCUT2D eigenvalue weighted by atomic mass is 16.5. The van der Waals surface area contributed by atoms with Crippen LogP contribution in [-0.4, -0.2) is 24.0 Å². The predicted molar refractivity (Wildman–Crippen MR) is 86.1 cm³/mol. The molecule has 2 fully saturated rings. The largest absolute Gasteiger partial charge is 0.497 e. The number of hydrogen-bond donors (Lipinski definition) is 0. The van der Waals surface area contributed by atoms with Crippen molar-refractivity contribution in [2.75, 3.05) is 7.11 Å². The minimum Gasteiger partial charge on any atom is -0.497 e. The summed E-state index contributed by atoms with van der Waals surface area (Å²) in [7, 11) is 1.67. The number of hydrogen-bond acceptors (Lipinski definition) is 3. The molecule has 0 N–H and O–H groups in total. The van der Waals surface area contributed by atoms with Crippen LogP contribution in [0.5, 0.6) is 5.75 Å². The third-order valence-corrected chi connectivity index (χ3v) is 4.83. The molecular formula is C19H21NO3. The fourth-order valence-corrected chi connectivity index (χ4v) is 3.24. The topological polar surface area (TPSA) is 42.7 Å². The van der Waals surface area contributed by atoms with E-state index in [1.165, 1.54) is 5.56 Å². The first-order valence-electron chi connectivity index (χ1n) is 8.23. The fraction of sp³-hybridized carbons (Fsp3) is 0.421. The Morgan fingerprint density at radius 3 is 2.65 bits per heavy atom. The lowest BCUT2D eigenvalue weighted by atomic mass is 10.1. The molecule has 1 heterocycles. The molecule has 2 saturated carbocycles. The second-order valence-corrected chi connectivity index (χ2v) is 6.50. The van der Waals surface area contributed by atoms with E-state index in [1.54, 1.807) is 13.4 Å². The van der Waals surface area contributed by atoms with E-state index in [9.17, 15) is 4.79 Å². The van der Waals surface area contributed by atoms with Crippen LogP contribution < -0.4 is 4.74 Å². The highest BCUT2D eigenvalue weighted by Gasteiger charge is 2.48. The van der Waals surface area contributed by atoms with Crippen LogP contribution >= 0.6 is 0 Å². The molecule has 1 aromatic carbocycles. The SMILES string of the molecule is COc1ccc([C@@H]2C[C@@H]2C(=O)N(Cc2ccco2)C2CC2)cc1. The van der Waals surface area contributed by atoms with Crippen molar-refractivity contribution in [3.05, 3.63) is 54.0 Å². The van der Waals surface area contributed by atoms with E-state index in [1.807, 2.05) is 29.2 Å². The first kappa shape index (κ1) is 14.4. The minimum atomic E-state index is 0.124. The lowest BCUT2D eigenvalue weighted by molar-refractivity contribution is -0.134. The van der Waals surface area contributed by atoms with E-state index in [0.29, 0.717) is 18.5 Å². The molecule has 1 amide bonds. The van der Waals surface area contributed by atoms with E-state index in [2.05, 4.69) is 12.1 Å². The second-order valence-electron chi connectivity index (χ2n) is 6.50. The molecular weight excluding hydrogens is 290 g/mol. The van der Waals surface area contributed by atoms with Gasteiger partial charge in [-0.15, -0.1) is 0 Å². The summed E-state index contributed by atoms with van der Waals surface area (Å²) in [6.07, 6.45) is 4.85. The van der Waals surface area contributed by atoms with Crippen LogP contribution in [-0.2, 0) is 11.3 Å². The molecule has 2 atom stereocenters. The first-order chi connectivity index (χ1) is 11.3. The maximum Gasteiger partial charge on any atom is 0.226 e. The summed E-state index contributed by atoms with van der Waals surface area (Å²) in [6, 6.07) is 12.3. The number of rotatable bonds is 6. The van der Waals surface area contributed by atoms with Crippen molar-refractivity contribution >= 4 is 5.91 Å². The number of benzene rings is 1. The summed E-state index contributed by atoms with van der Waals surface area (Å²) in [6.45, 7) is 0.600. The van der Waals surface area contributed by atoms with Crippen LogP contribution in [0.1, 0.15) is 36.5 Å². The third kappa shape index (κ3) is 2.98. The van der Waals surface area contributed by atoms with Gasteiger partial charge in [0.25, 0.3) is 0 Å². The summed E-state index contributed by atoms with van der Waals surface area (Å²) >= 11 is 0. The Morgan fingerprint density at radius 2 is 2.04 bits per heavy atom. The van der Waals surface area contributed by atoms with Gasteiger partial charge < -0.3 is 14.1 Å². The highest BCUT2D eigenvalue weighted by Crippen LogP contribution is 2.49. The number of carbonyl (C=O) groups is 1. The van der Waals surface area contributed by atoms with E-state index >= 15 is 0 Å². The molecule has 0 aliphatic heterocycles. The van der Waals surface area contributed by atoms with Gasteiger partial charge in [-0.25, -0.2) is 0 Å². The lowest BCUT2D eigenvalue weighted by Gasteiger charge is -2.21. The van der Waals surface area contributed by atoms with Gasteiger partial charge in [0, 0.05) is 12.0 Å². The second kappa shape index (κ2) is 5.76. The number of amides is 1. The average molecular weight is 311 g/mol. The van der Waals surface area contributed by atoms with E-state index in [4.69, 9.17) is 9.15 Å². The van der Waals surface area contributed by atoms with Crippen LogP contribution in [0.25, 0.3) is 0 Å². The van der Waals surface area contributed by atoms with Crippen molar-refractivity contribution < 1.29 is 13.9 Å². The Labute approximate surface area is 136 Å². The Balaban J connectivity index is 1.43. The number of nitrogens with zero attached hydrogens (tertiary/aromatic N) is 1. The molecule has 0 saturated heterocycles. The molecule has 0 radical (unpaired) electrons. The van der Waals surface area contributed by atoms with Gasteiger partial charge in [0.05, 0.1) is 19.9 Å². The van der Waals surface area contributed by atoms with Gasteiger partial charge in [0.15, 0.2) is 0 Å². The zero-order chi connectivity index (χ0) is 15.8. The molecule has 2 aromatic rings. The molecule has 1 aromatic heterocycles. The van der Waals surface area contributed by atoms with E-state index in [0.717, 1.165) is 30.8 Å². The number of furan rings is 1. The van der Waals surface area contributed by atoms with E-state index < -0.39 is 0 Å². The summed E-state index contributed by atoms with van der Waals surface area (Å²) in [5.74, 6) is 2.48. The lowest BCUT2D eigenvalue weighted by Crippen LogP contribution is -2.34. The summed E-state index contributed by atoms with van der Waals surface area (Å²) in [5.41, 5.74) is 1.23. The zero-order valence-corrected chi connectivity index (χ0v) is 13.3. The fourth-order valence-electron chi connectivity index (χ4n) is 3.24. The van der Waals surface area contributed by atoms with Gasteiger partial charge >= 0.3 is 0 Å². The van der Waals surface area contributed by atoms with Crippen LogP contribution in [0.15, 0.2) is 47.1 Å². The predicted octanol–water partition coefficient (Wildman–Crippen LogP) is 3.58. The summed E-state index contributed by atoms with van der Waals surface area (Å²) in [4.78, 5) is 14.9. The first-order valence-corrected chi connectivity index (χ1v) is 8.23. The van der Waals surface area contributed by atoms with Crippen molar-refractivity contribution in [3.8, 4) is 5.75 Å². The molecule has 4 rings (SSSR count). The molecule has 4 nitrogen and oxygen atoms in total. The molecule has 0 spiro atoms. The Kier molecular flexibility index (Phi) is 3.60. The Morgan fingerprint density at radius 1 is 1.26 bits per heavy atom. The number of methoxy groups -OCH3 is 1. The monoisotopic (exact) mass is 311 g/mol. The zero-order valence-electron chi connectivity index (χ0n) is 13.3. The number of carbonyl (C=O) groups excluding carboxylic acids is 1. The maximum absolute atomic E-state index is 12.9. The van der Waals surface area contributed by atoms with Crippen LogP contribution in [0.2, 0.25) is 0 Å². The minimum absolute atomic E-state index is 0.124. The van der Waals surface area contributed by atoms with Crippen molar-refractivity contribution in [2.24, 2.45) is 5.92 Å². The standard InChI is InChI=1S/C19H21NO3/c1-22-15-8-4-13(5-9-15)17-11-18(17)19(21)20(14-6-7-14)12-16-3-2-10-23-16/h2-5,8-10,14,17-18H,6-7,11-12H2,1H3/t17-,18-/m0/s1. The van der Waals surface area contributed by atoms with Gasteiger partial charge in [0.1, 0.15) is 11.5 Å². The molecule has 120 valence electrons. The third-order valence-electron chi connectivity index (χ3n) is 4.83. The number of ether oxygens (including phenoxy) is 1. The van der Waals surface area contributed by atoms with Crippen molar-refractivity contribution in [3.63, 3.8) is 0 Å². The molecule has 2 aliphatic carbocycles. The average Bonchev–Trinajstić information content (AvgIpc) is 3.51. The van der Waals surface area contributed by atoms with Gasteiger partial charge in [-0.3, -0.25) is 4.79 Å². The quantitative estimate of drug-likeness (QED) is 0.819. The van der Waals surface area contributed by atoms with Gasteiger partial charge in [0.2, 0.25) is 5.91 Å². The van der Waals surface area contributed by atoms with Gasteiger partial charge in [-0.05, 0) is 55.0 Å². The highest BCUT2D eigenvalue weighted by molar-refractivity contribution is 5.83. The van der Waals surface area contributed by atoms with Crippen molar-refractivity contribution in [1.82, 2.24) is 4.90 Å². The maximum atomic E-state index is 12.9. The van der Waals surface area contributed by atoms with Crippen LogP contribution in [0.3, 0.4) is 0 Å². The summed E-state index contributed by atoms with van der Waals surface area (Å²) < 4.78 is 10.6. The molecule has 23 heavy (non-hydrogen) atoms. The van der Waals surface area contributed by atoms with Gasteiger partial charge in [-0.1, -0.05) is 12.1 Å². The van der Waals surface area contributed by atoms with Crippen molar-refractivity contribution in [2.45, 2.75) is 37.8 Å². The van der Waals surface area contributed by atoms with Crippen molar-refractivity contribution in [1.29, 1.82) is 0 Å². The molecule has 0 bridgehead atoms. The molecule has 4 heteroatoms. The Hall–Kier alpha value is -2.23. The van der Waals surface area contributed by atoms with Crippen LogP contribution in [0, 0.1) is 5.92 Å². The molecule has 2 aliphatic rings. The van der Waals surface area contributed by atoms with Gasteiger partial charge in [-0.2, -0.15) is 0 Å². The summed E-state index contributed by atoms with van der Waals surface area (Å²) in [5, 5.41) is 0. The van der Waals surface area contributed by atoms with E-state index in [-0.39, 0.29) is 11.8 Å².